The molecule has 0 aromatic heterocycles. The summed E-state index contributed by atoms with van der Waals surface area (Å²) in [6.07, 6.45) is 0.325. The average molecular weight is 320 g/mol. The third kappa shape index (κ3) is 3.58. The van der Waals surface area contributed by atoms with Crippen LogP contribution in [0.5, 0.6) is 5.75 Å². The van der Waals surface area contributed by atoms with E-state index in [1.807, 2.05) is 24.3 Å². The minimum atomic E-state index is -0.0244. The second-order valence-corrected chi connectivity index (χ2v) is 5.19. The van der Waals surface area contributed by atoms with Crippen LogP contribution in [0.25, 0.3) is 0 Å². The fourth-order valence-corrected chi connectivity index (χ4v) is 2.23. The van der Waals surface area contributed by atoms with E-state index in [1.54, 1.807) is 36.2 Å². The molecule has 1 N–H and O–H groups in total. The summed E-state index contributed by atoms with van der Waals surface area (Å²) in [6, 6.07) is 14.3. The maximum absolute atomic E-state index is 12.2. The van der Waals surface area contributed by atoms with E-state index in [-0.39, 0.29) is 11.7 Å². The number of nitrogens with zero attached hydrogens (tertiary/aromatic N) is 1. The summed E-state index contributed by atoms with van der Waals surface area (Å²) in [6.45, 7) is 0. The number of aromatic hydroxyl groups is 1. The molecule has 4 heteroatoms. The van der Waals surface area contributed by atoms with E-state index in [2.05, 4.69) is 15.9 Å². The van der Waals surface area contributed by atoms with Crippen LogP contribution in [0.15, 0.2) is 53.0 Å². The van der Waals surface area contributed by atoms with Crippen molar-refractivity contribution in [1.29, 1.82) is 0 Å². The molecule has 0 fully saturated rings. The summed E-state index contributed by atoms with van der Waals surface area (Å²) in [5, 5.41) is 9.43. The smallest absolute Gasteiger partial charge is 0.231 e. The van der Waals surface area contributed by atoms with E-state index in [0.717, 1.165) is 10.0 Å². The summed E-state index contributed by atoms with van der Waals surface area (Å²) in [4.78, 5) is 13.7. The molecule has 0 saturated carbocycles. The first-order valence-corrected chi connectivity index (χ1v) is 6.65. The number of benzene rings is 2. The van der Waals surface area contributed by atoms with Crippen LogP contribution in [0.3, 0.4) is 0 Å². The summed E-state index contributed by atoms with van der Waals surface area (Å²) >= 11 is 3.39. The van der Waals surface area contributed by atoms with Crippen molar-refractivity contribution >= 4 is 27.5 Å². The first kappa shape index (κ1) is 13.6. The number of anilines is 1. The number of phenols is 1. The first-order valence-electron chi connectivity index (χ1n) is 5.86. The summed E-state index contributed by atoms with van der Waals surface area (Å²) in [5.41, 5.74) is 1.63. The van der Waals surface area contributed by atoms with Crippen LogP contribution < -0.4 is 4.90 Å². The number of amides is 1. The molecule has 0 saturated heterocycles. The molecule has 98 valence electrons. The van der Waals surface area contributed by atoms with Crippen molar-refractivity contribution in [2.24, 2.45) is 0 Å². The lowest BCUT2D eigenvalue weighted by atomic mass is 10.1. The van der Waals surface area contributed by atoms with E-state index in [0.29, 0.717) is 12.1 Å². The van der Waals surface area contributed by atoms with Gasteiger partial charge in [0.1, 0.15) is 5.75 Å². The van der Waals surface area contributed by atoms with Gasteiger partial charge in [-0.15, -0.1) is 0 Å². The van der Waals surface area contributed by atoms with Gasteiger partial charge in [-0.2, -0.15) is 0 Å². The summed E-state index contributed by atoms with van der Waals surface area (Å²) < 4.78 is 0.956. The number of phenolic OH excluding ortho intramolecular Hbond substituents is 1. The Balaban J connectivity index is 2.12. The van der Waals surface area contributed by atoms with Gasteiger partial charge < -0.3 is 10.0 Å². The second-order valence-electron chi connectivity index (χ2n) is 4.28. The van der Waals surface area contributed by atoms with Gasteiger partial charge in [0.2, 0.25) is 5.91 Å². The van der Waals surface area contributed by atoms with Crippen molar-refractivity contribution in [3.8, 4) is 5.75 Å². The molecule has 0 aliphatic rings. The normalized spacial score (nSPS) is 10.2. The molecular formula is C15H14BrNO2. The van der Waals surface area contributed by atoms with E-state index < -0.39 is 0 Å². The molecule has 2 aromatic rings. The van der Waals surface area contributed by atoms with Gasteiger partial charge in [0.25, 0.3) is 0 Å². The van der Waals surface area contributed by atoms with Gasteiger partial charge in [0.05, 0.1) is 6.42 Å². The van der Waals surface area contributed by atoms with Gasteiger partial charge in [0, 0.05) is 23.3 Å². The maximum atomic E-state index is 12.2. The minimum Gasteiger partial charge on any atom is -0.508 e. The largest absolute Gasteiger partial charge is 0.508 e. The zero-order valence-corrected chi connectivity index (χ0v) is 12.1. The lowest BCUT2D eigenvalue weighted by Crippen LogP contribution is -2.27. The van der Waals surface area contributed by atoms with Gasteiger partial charge in [-0.3, -0.25) is 4.79 Å². The Hall–Kier alpha value is -1.81. The quantitative estimate of drug-likeness (QED) is 0.942. The summed E-state index contributed by atoms with van der Waals surface area (Å²) in [7, 11) is 1.70. The molecule has 0 radical (unpaired) electrons. The van der Waals surface area contributed by atoms with Crippen LogP contribution in [0.4, 0.5) is 5.69 Å². The molecule has 2 aromatic carbocycles. The van der Waals surface area contributed by atoms with Gasteiger partial charge in [-0.05, 0) is 29.8 Å². The lowest BCUT2D eigenvalue weighted by Gasteiger charge is -2.17. The maximum Gasteiger partial charge on any atom is 0.231 e. The number of carbonyl (C=O) groups is 1. The van der Waals surface area contributed by atoms with Crippen molar-refractivity contribution in [3.63, 3.8) is 0 Å². The third-order valence-electron chi connectivity index (χ3n) is 2.84. The molecule has 1 amide bonds. The fourth-order valence-electron chi connectivity index (χ4n) is 1.79. The molecular weight excluding hydrogens is 306 g/mol. The number of hydrogen-bond acceptors (Lipinski definition) is 2. The van der Waals surface area contributed by atoms with Crippen molar-refractivity contribution in [3.05, 3.63) is 58.6 Å². The monoisotopic (exact) mass is 319 g/mol. The molecule has 2 rings (SSSR count). The zero-order chi connectivity index (χ0) is 13.8. The van der Waals surface area contributed by atoms with Crippen LogP contribution in [-0.2, 0) is 11.2 Å². The van der Waals surface area contributed by atoms with Crippen LogP contribution in [0.2, 0.25) is 0 Å². The summed E-state index contributed by atoms with van der Waals surface area (Å²) in [5.74, 6) is 0.128. The predicted octanol–water partition coefficient (Wildman–Crippen LogP) is 3.36. The second kappa shape index (κ2) is 5.89. The number of rotatable bonds is 3. The molecule has 0 atom stereocenters. The van der Waals surface area contributed by atoms with Crippen molar-refractivity contribution in [2.45, 2.75) is 6.42 Å². The molecule has 0 spiro atoms. The number of halogens is 1. The van der Waals surface area contributed by atoms with Crippen LogP contribution >= 0.6 is 15.9 Å². The minimum absolute atomic E-state index is 0.0244. The van der Waals surface area contributed by atoms with E-state index in [1.165, 1.54) is 0 Å². The Morgan fingerprint density at radius 2 is 1.95 bits per heavy atom. The molecule has 0 bridgehead atoms. The Morgan fingerprint density at radius 1 is 1.21 bits per heavy atom. The molecule has 0 aliphatic heterocycles. The van der Waals surface area contributed by atoms with Gasteiger partial charge in [0.15, 0.2) is 0 Å². The Bertz CT molecular complexity index is 598. The highest BCUT2D eigenvalue weighted by Gasteiger charge is 2.12. The van der Waals surface area contributed by atoms with Crippen LogP contribution in [0.1, 0.15) is 5.56 Å². The Kier molecular flexibility index (Phi) is 4.22. The van der Waals surface area contributed by atoms with Crippen LogP contribution in [0, 0.1) is 0 Å². The molecule has 0 unspecified atom stereocenters. The number of carbonyl (C=O) groups excluding carboxylic acids is 1. The lowest BCUT2D eigenvalue weighted by molar-refractivity contribution is -0.117. The Labute approximate surface area is 120 Å². The van der Waals surface area contributed by atoms with Gasteiger partial charge in [-0.1, -0.05) is 34.1 Å². The topological polar surface area (TPSA) is 40.5 Å². The van der Waals surface area contributed by atoms with Gasteiger partial charge in [-0.25, -0.2) is 0 Å². The highest BCUT2D eigenvalue weighted by Crippen LogP contribution is 2.20. The van der Waals surface area contributed by atoms with E-state index in [9.17, 15) is 9.90 Å². The third-order valence-corrected chi connectivity index (χ3v) is 3.33. The molecule has 0 aliphatic carbocycles. The van der Waals surface area contributed by atoms with Crippen molar-refractivity contribution < 1.29 is 9.90 Å². The highest BCUT2D eigenvalue weighted by molar-refractivity contribution is 9.10. The number of likely N-dealkylation sites (N-methyl/N-ethyl adjacent to an activating group) is 1. The number of hydrogen-bond donors (Lipinski definition) is 1. The molecule has 19 heavy (non-hydrogen) atoms. The van der Waals surface area contributed by atoms with E-state index >= 15 is 0 Å². The Morgan fingerprint density at radius 3 is 2.63 bits per heavy atom. The van der Waals surface area contributed by atoms with Crippen molar-refractivity contribution in [1.82, 2.24) is 0 Å². The highest BCUT2D eigenvalue weighted by atomic mass is 79.9. The zero-order valence-electron chi connectivity index (χ0n) is 10.5. The SMILES string of the molecule is CN(C(=O)Cc1cccc(Br)c1)c1cccc(O)c1. The van der Waals surface area contributed by atoms with Gasteiger partial charge >= 0.3 is 0 Å². The predicted molar refractivity (Wildman–Crippen MR) is 79.4 cm³/mol. The fraction of sp³-hybridized carbons (Fsp3) is 0.133. The standard InChI is InChI=1S/C15H14BrNO2/c1-17(13-6-3-7-14(18)10-13)15(19)9-11-4-2-5-12(16)8-11/h2-8,10,18H,9H2,1H3. The average Bonchev–Trinajstić information content (AvgIpc) is 2.38. The van der Waals surface area contributed by atoms with Crippen molar-refractivity contribution in [2.75, 3.05) is 11.9 Å². The first-order chi connectivity index (χ1) is 9.06. The van der Waals surface area contributed by atoms with E-state index in [4.69, 9.17) is 0 Å². The van der Waals surface area contributed by atoms with Crippen LogP contribution in [-0.4, -0.2) is 18.1 Å². The molecule has 0 heterocycles. The molecule has 3 nitrogen and oxygen atoms in total.